The molecule has 0 heterocycles. The summed E-state index contributed by atoms with van der Waals surface area (Å²) in [6, 6.07) is -0.00928. The zero-order valence-electron chi connectivity index (χ0n) is 18.7. The highest BCUT2D eigenvalue weighted by molar-refractivity contribution is 5.83. The van der Waals surface area contributed by atoms with Crippen molar-refractivity contribution in [2.24, 2.45) is 11.8 Å². The van der Waals surface area contributed by atoms with E-state index in [1.807, 2.05) is 6.92 Å². The molecule has 4 heteroatoms. The molecule has 0 saturated heterocycles. The lowest BCUT2D eigenvalue weighted by Gasteiger charge is -2.18. The van der Waals surface area contributed by atoms with Gasteiger partial charge in [-0.25, -0.2) is 0 Å². The van der Waals surface area contributed by atoms with E-state index in [1.165, 1.54) is 19.3 Å². The molecule has 0 aromatic rings. The third kappa shape index (κ3) is 17.0. The van der Waals surface area contributed by atoms with Crippen LogP contribution in [0.15, 0.2) is 0 Å². The quantitative estimate of drug-likeness (QED) is 0.318. The van der Waals surface area contributed by atoms with E-state index in [1.54, 1.807) is 0 Å². The molecule has 27 heavy (non-hydrogen) atoms. The van der Waals surface area contributed by atoms with Gasteiger partial charge in [0.25, 0.3) is 0 Å². The third-order valence-electron chi connectivity index (χ3n) is 5.01. The van der Waals surface area contributed by atoms with Crippen LogP contribution in [0.2, 0.25) is 0 Å². The summed E-state index contributed by atoms with van der Waals surface area (Å²) in [5.41, 5.74) is 0. The van der Waals surface area contributed by atoms with E-state index in [9.17, 15) is 9.59 Å². The van der Waals surface area contributed by atoms with E-state index < -0.39 is 0 Å². The first-order chi connectivity index (χ1) is 12.9. The van der Waals surface area contributed by atoms with Crippen LogP contribution in [0.1, 0.15) is 105 Å². The minimum absolute atomic E-state index is 0.00928. The van der Waals surface area contributed by atoms with Crippen LogP contribution >= 0.6 is 0 Å². The summed E-state index contributed by atoms with van der Waals surface area (Å²) in [5.74, 6) is 1.95. The number of carbonyl (C=O) groups is 2. The molecule has 0 aromatic heterocycles. The van der Waals surface area contributed by atoms with Crippen LogP contribution in [0.4, 0.5) is 0 Å². The molecule has 2 N–H and O–H groups in total. The van der Waals surface area contributed by atoms with Crippen molar-refractivity contribution < 1.29 is 9.59 Å². The second kappa shape index (κ2) is 17.2. The fourth-order valence-corrected chi connectivity index (χ4v) is 3.18. The predicted molar refractivity (Wildman–Crippen MR) is 116 cm³/mol. The lowest BCUT2D eigenvalue weighted by molar-refractivity contribution is -0.122. The first-order valence-electron chi connectivity index (χ1n) is 11.4. The van der Waals surface area contributed by atoms with Crippen LogP contribution in [0.5, 0.6) is 0 Å². The number of amides is 1. The predicted octanol–water partition coefficient (Wildman–Crippen LogP) is 5.25. The molecule has 4 nitrogen and oxygen atoms in total. The van der Waals surface area contributed by atoms with Gasteiger partial charge in [-0.05, 0) is 50.5 Å². The summed E-state index contributed by atoms with van der Waals surface area (Å²) in [6.07, 6.45) is 11.0. The van der Waals surface area contributed by atoms with Crippen molar-refractivity contribution in [1.29, 1.82) is 0 Å². The van der Waals surface area contributed by atoms with Crippen LogP contribution in [0.3, 0.4) is 0 Å². The van der Waals surface area contributed by atoms with Crippen LogP contribution in [-0.2, 0) is 9.59 Å². The van der Waals surface area contributed by atoms with Crippen molar-refractivity contribution in [1.82, 2.24) is 10.6 Å². The lowest BCUT2D eigenvalue weighted by atomic mass is 9.98. The highest BCUT2D eigenvalue weighted by Gasteiger charge is 2.17. The van der Waals surface area contributed by atoms with Crippen molar-refractivity contribution in [2.45, 2.75) is 111 Å². The molecule has 160 valence electrons. The largest absolute Gasteiger partial charge is 0.356 e. The molecule has 0 bridgehead atoms. The maximum absolute atomic E-state index is 12.6. The Kier molecular flexibility index (Phi) is 16.6. The number of unbranched alkanes of at least 4 members (excludes halogenated alkanes) is 3. The van der Waals surface area contributed by atoms with Gasteiger partial charge in [-0.3, -0.25) is 9.59 Å². The van der Waals surface area contributed by atoms with Gasteiger partial charge in [-0.1, -0.05) is 60.3 Å². The van der Waals surface area contributed by atoms with E-state index in [0.29, 0.717) is 24.5 Å². The molecule has 0 spiro atoms. The molecular weight excluding hydrogens is 336 g/mol. The van der Waals surface area contributed by atoms with Crippen LogP contribution in [0, 0.1) is 11.8 Å². The minimum atomic E-state index is -0.00928. The van der Waals surface area contributed by atoms with Gasteiger partial charge in [0.15, 0.2) is 0 Å². The Morgan fingerprint density at radius 3 is 1.89 bits per heavy atom. The van der Waals surface area contributed by atoms with Crippen molar-refractivity contribution in [3.8, 4) is 0 Å². The van der Waals surface area contributed by atoms with Gasteiger partial charge in [-0.2, -0.15) is 0 Å². The van der Waals surface area contributed by atoms with E-state index >= 15 is 0 Å². The second-order valence-corrected chi connectivity index (χ2v) is 8.70. The van der Waals surface area contributed by atoms with Gasteiger partial charge in [0, 0.05) is 19.4 Å². The van der Waals surface area contributed by atoms with E-state index in [-0.39, 0.29) is 11.9 Å². The molecule has 0 aliphatic carbocycles. The van der Waals surface area contributed by atoms with Crippen molar-refractivity contribution in [3.63, 3.8) is 0 Å². The first kappa shape index (κ1) is 26.1. The SMILES string of the molecule is CCC(=O)NCCCC[C@@H](NCCCCC(C)C)C(=O)CCCCC(C)C. The summed E-state index contributed by atoms with van der Waals surface area (Å²) in [4.78, 5) is 23.9. The fourth-order valence-electron chi connectivity index (χ4n) is 3.18. The molecule has 1 atom stereocenters. The summed E-state index contributed by atoms with van der Waals surface area (Å²) in [7, 11) is 0. The minimum Gasteiger partial charge on any atom is -0.356 e. The molecule has 0 rings (SSSR count). The van der Waals surface area contributed by atoms with Crippen LogP contribution in [0.25, 0.3) is 0 Å². The average molecular weight is 383 g/mol. The molecule has 1 amide bonds. The van der Waals surface area contributed by atoms with Gasteiger partial charge in [0.1, 0.15) is 5.78 Å². The standard InChI is InChI=1S/C23H46N2O2/c1-6-23(27)25-18-12-10-15-21(24-17-11-9-14-20(4)5)22(26)16-8-7-13-19(2)3/h19-21,24H,6-18H2,1-5H3,(H,25,27)/t21-/m1/s1. The topological polar surface area (TPSA) is 58.2 Å². The Hall–Kier alpha value is -0.900. The Morgan fingerprint density at radius 1 is 0.741 bits per heavy atom. The summed E-state index contributed by atoms with van der Waals surface area (Å²) < 4.78 is 0. The number of rotatable bonds is 18. The molecule has 0 aliphatic heterocycles. The number of carbonyl (C=O) groups excluding carboxylic acids is 2. The lowest BCUT2D eigenvalue weighted by Crippen LogP contribution is -2.37. The van der Waals surface area contributed by atoms with Gasteiger partial charge < -0.3 is 10.6 Å². The van der Waals surface area contributed by atoms with Gasteiger partial charge in [0.05, 0.1) is 6.04 Å². The Morgan fingerprint density at radius 2 is 1.30 bits per heavy atom. The van der Waals surface area contributed by atoms with Crippen molar-refractivity contribution >= 4 is 11.7 Å². The smallest absolute Gasteiger partial charge is 0.219 e. The van der Waals surface area contributed by atoms with E-state index in [2.05, 4.69) is 38.3 Å². The molecule has 0 aromatic carbocycles. The van der Waals surface area contributed by atoms with Gasteiger partial charge in [0.2, 0.25) is 5.91 Å². The number of hydrogen-bond donors (Lipinski definition) is 2. The summed E-state index contributed by atoms with van der Waals surface area (Å²) in [6.45, 7) is 12.5. The number of nitrogens with one attached hydrogen (secondary N) is 2. The molecular formula is C23H46N2O2. The molecule has 0 fully saturated rings. The molecule has 0 unspecified atom stereocenters. The maximum Gasteiger partial charge on any atom is 0.219 e. The highest BCUT2D eigenvalue weighted by Crippen LogP contribution is 2.12. The van der Waals surface area contributed by atoms with Gasteiger partial charge >= 0.3 is 0 Å². The zero-order valence-corrected chi connectivity index (χ0v) is 18.7. The Bertz CT molecular complexity index is 381. The zero-order chi connectivity index (χ0) is 20.5. The summed E-state index contributed by atoms with van der Waals surface area (Å²) >= 11 is 0. The summed E-state index contributed by atoms with van der Waals surface area (Å²) in [5, 5.41) is 6.43. The number of hydrogen-bond acceptors (Lipinski definition) is 3. The fraction of sp³-hybridized carbons (Fsp3) is 0.913. The molecule has 0 aliphatic rings. The van der Waals surface area contributed by atoms with E-state index in [4.69, 9.17) is 0 Å². The van der Waals surface area contributed by atoms with Gasteiger partial charge in [-0.15, -0.1) is 0 Å². The van der Waals surface area contributed by atoms with Crippen LogP contribution < -0.4 is 10.6 Å². The normalized spacial score (nSPS) is 12.6. The molecule has 0 saturated carbocycles. The number of Topliss-reactive ketones (excluding diaryl/α,β-unsaturated/α-hetero) is 1. The highest BCUT2D eigenvalue weighted by atomic mass is 16.1. The second-order valence-electron chi connectivity index (χ2n) is 8.70. The monoisotopic (exact) mass is 382 g/mol. The Labute approximate surface area is 168 Å². The molecule has 0 radical (unpaired) electrons. The first-order valence-corrected chi connectivity index (χ1v) is 11.4. The Balaban J connectivity index is 4.18. The number of ketones is 1. The average Bonchev–Trinajstić information content (AvgIpc) is 2.62. The van der Waals surface area contributed by atoms with Crippen molar-refractivity contribution in [3.05, 3.63) is 0 Å². The third-order valence-corrected chi connectivity index (χ3v) is 5.01. The van der Waals surface area contributed by atoms with E-state index in [0.717, 1.165) is 57.5 Å². The maximum atomic E-state index is 12.6. The van der Waals surface area contributed by atoms with Crippen molar-refractivity contribution in [2.75, 3.05) is 13.1 Å². The van der Waals surface area contributed by atoms with Crippen LogP contribution in [-0.4, -0.2) is 30.8 Å².